The second-order valence-corrected chi connectivity index (χ2v) is 5.76. The van der Waals surface area contributed by atoms with Crippen LogP contribution in [0.5, 0.6) is 0 Å². The molecule has 2 aromatic carbocycles. The summed E-state index contributed by atoms with van der Waals surface area (Å²) in [5.74, 6) is 0.833. The zero-order valence-corrected chi connectivity index (χ0v) is 12.3. The summed E-state index contributed by atoms with van der Waals surface area (Å²) in [5, 5.41) is 7.56. The van der Waals surface area contributed by atoms with Crippen molar-refractivity contribution >= 4 is 33.4 Å². The molecule has 1 saturated carbocycles. The van der Waals surface area contributed by atoms with Crippen LogP contribution in [0.2, 0.25) is 0 Å². The van der Waals surface area contributed by atoms with Crippen molar-refractivity contribution in [3.05, 3.63) is 48.2 Å². The molecule has 0 radical (unpaired) electrons. The second-order valence-electron chi connectivity index (χ2n) is 5.76. The number of furan rings is 1. The molecule has 1 N–H and O–H groups in total. The fraction of sp³-hybridized carbons (Fsp3) is 0.222. The van der Waals surface area contributed by atoms with Gasteiger partial charge in [-0.3, -0.25) is 4.79 Å². The standard InChI is InChI=1S/C18H16N2O2/c1-11(19-20-18(21)13-6-7-13)17-10-15-14-5-3-2-4-12(14)8-9-16(15)22-17/h2-5,8-10,13H,6-7H2,1H3,(H,20,21)/b19-11-. The first-order valence-electron chi connectivity index (χ1n) is 7.48. The van der Waals surface area contributed by atoms with Gasteiger partial charge in [0.15, 0.2) is 5.76 Å². The summed E-state index contributed by atoms with van der Waals surface area (Å²) in [4.78, 5) is 11.6. The Kier molecular flexibility index (Phi) is 2.96. The highest BCUT2D eigenvalue weighted by atomic mass is 16.3. The lowest BCUT2D eigenvalue weighted by Crippen LogP contribution is -2.20. The number of amides is 1. The average molecular weight is 292 g/mol. The van der Waals surface area contributed by atoms with Crippen molar-refractivity contribution in [1.82, 2.24) is 5.43 Å². The molecule has 4 nitrogen and oxygen atoms in total. The van der Waals surface area contributed by atoms with E-state index in [2.05, 4.69) is 22.7 Å². The van der Waals surface area contributed by atoms with Gasteiger partial charge in [0.2, 0.25) is 5.91 Å². The third kappa shape index (κ3) is 2.26. The lowest BCUT2D eigenvalue weighted by molar-refractivity contribution is -0.122. The zero-order valence-electron chi connectivity index (χ0n) is 12.3. The van der Waals surface area contributed by atoms with Crippen LogP contribution in [-0.4, -0.2) is 11.6 Å². The topological polar surface area (TPSA) is 54.6 Å². The number of carbonyl (C=O) groups excluding carboxylic acids is 1. The summed E-state index contributed by atoms with van der Waals surface area (Å²) in [6.07, 6.45) is 1.94. The molecule has 1 heterocycles. The van der Waals surface area contributed by atoms with Crippen LogP contribution in [0.15, 0.2) is 52.0 Å². The normalized spacial score (nSPS) is 15.4. The number of carbonyl (C=O) groups is 1. The molecule has 0 aliphatic heterocycles. The van der Waals surface area contributed by atoms with Crippen LogP contribution < -0.4 is 5.43 Å². The van der Waals surface area contributed by atoms with Gasteiger partial charge in [-0.2, -0.15) is 5.10 Å². The molecule has 0 unspecified atom stereocenters. The molecular weight excluding hydrogens is 276 g/mol. The van der Waals surface area contributed by atoms with Crippen LogP contribution in [0, 0.1) is 5.92 Å². The molecule has 4 heteroatoms. The predicted octanol–water partition coefficient (Wildman–Crippen LogP) is 3.84. The van der Waals surface area contributed by atoms with E-state index >= 15 is 0 Å². The van der Waals surface area contributed by atoms with Crippen LogP contribution in [0.25, 0.3) is 21.7 Å². The first-order chi connectivity index (χ1) is 10.7. The minimum atomic E-state index is 0.000843. The van der Waals surface area contributed by atoms with Gasteiger partial charge in [-0.25, -0.2) is 5.43 Å². The van der Waals surface area contributed by atoms with E-state index in [4.69, 9.17) is 4.42 Å². The van der Waals surface area contributed by atoms with E-state index in [1.165, 1.54) is 5.39 Å². The van der Waals surface area contributed by atoms with E-state index in [0.29, 0.717) is 11.5 Å². The van der Waals surface area contributed by atoms with Crippen LogP contribution in [-0.2, 0) is 4.79 Å². The average Bonchev–Trinajstić information content (AvgIpc) is 3.30. The highest BCUT2D eigenvalue weighted by Gasteiger charge is 2.29. The molecule has 3 aromatic rings. The van der Waals surface area contributed by atoms with Gasteiger partial charge in [0.1, 0.15) is 11.3 Å². The number of hydrogen-bond donors (Lipinski definition) is 1. The predicted molar refractivity (Wildman–Crippen MR) is 86.8 cm³/mol. The largest absolute Gasteiger partial charge is 0.455 e. The van der Waals surface area contributed by atoms with Gasteiger partial charge in [-0.1, -0.05) is 30.3 Å². The maximum Gasteiger partial charge on any atom is 0.243 e. The van der Waals surface area contributed by atoms with Crippen molar-refractivity contribution in [2.24, 2.45) is 11.0 Å². The Balaban J connectivity index is 1.70. The van der Waals surface area contributed by atoms with Gasteiger partial charge < -0.3 is 4.42 Å². The van der Waals surface area contributed by atoms with Crippen molar-refractivity contribution in [2.75, 3.05) is 0 Å². The van der Waals surface area contributed by atoms with E-state index < -0.39 is 0 Å². The molecule has 1 amide bonds. The third-order valence-electron chi connectivity index (χ3n) is 4.06. The molecular formula is C18H16N2O2. The Morgan fingerprint density at radius 2 is 2.00 bits per heavy atom. The molecule has 0 saturated heterocycles. The van der Waals surface area contributed by atoms with Gasteiger partial charge in [-0.05, 0) is 42.7 Å². The van der Waals surface area contributed by atoms with Gasteiger partial charge in [-0.15, -0.1) is 0 Å². The summed E-state index contributed by atoms with van der Waals surface area (Å²) in [6, 6.07) is 14.2. The maximum absolute atomic E-state index is 11.6. The minimum absolute atomic E-state index is 0.000843. The van der Waals surface area contributed by atoms with Crippen LogP contribution >= 0.6 is 0 Å². The lowest BCUT2D eigenvalue weighted by Gasteiger charge is -1.98. The molecule has 0 atom stereocenters. The van der Waals surface area contributed by atoms with Crippen molar-refractivity contribution in [2.45, 2.75) is 19.8 Å². The summed E-state index contributed by atoms with van der Waals surface area (Å²) in [5.41, 5.74) is 4.12. The summed E-state index contributed by atoms with van der Waals surface area (Å²) < 4.78 is 5.86. The number of nitrogens with zero attached hydrogens (tertiary/aromatic N) is 1. The van der Waals surface area contributed by atoms with E-state index in [-0.39, 0.29) is 11.8 Å². The molecule has 110 valence electrons. The third-order valence-corrected chi connectivity index (χ3v) is 4.06. The smallest absolute Gasteiger partial charge is 0.243 e. The number of hydrazone groups is 1. The fourth-order valence-electron chi connectivity index (χ4n) is 2.60. The highest BCUT2D eigenvalue weighted by molar-refractivity contribution is 6.09. The summed E-state index contributed by atoms with van der Waals surface area (Å²) in [7, 11) is 0. The quantitative estimate of drug-likeness (QED) is 0.589. The van der Waals surface area contributed by atoms with E-state index in [1.807, 2.05) is 37.3 Å². The van der Waals surface area contributed by atoms with Gasteiger partial charge >= 0.3 is 0 Å². The lowest BCUT2D eigenvalue weighted by atomic mass is 10.1. The maximum atomic E-state index is 11.6. The van der Waals surface area contributed by atoms with Crippen molar-refractivity contribution in [3.63, 3.8) is 0 Å². The van der Waals surface area contributed by atoms with Crippen LogP contribution in [0.1, 0.15) is 25.5 Å². The van der Waals surface area contributed by atoms with Gasteiger partial charge in [0.25, 0.3) is 0 Å². The molecule has 0 bridgehead atoms. The Morgan fingerprint density at radius 1 is 1.18 bits per heavy atom. The molecule has 0 spiro atoms. The zero-order chi connectivity index (χ0) is 15.1. The van der Waals surface area contributed by atoms with Crippen LogP contribution in [0.4, 0.5) is 0 Å². The second kappa shape index (κ2) is 4.98. The molecule has 1 aliphatic rings. The molecule has 1 fully saturated rings. The molecule has 1 aromatic heterocycles. The Morgan fingerprint density at radius 3 is 2.82 bits per heavy atom. The van der Waals surface area contributed by atoms with E-state index in [0.717, 1.165) is 29.2 Å². The Bertz CT molecular complexity index is 904. The van der Waals surface area contributed by atoms with Crippen LogP contribution in [0.3, 0.4) is 0 Å². The number of nitrogens with one attached hydrogen (secondary N) is 1. The van der Waals surface area contributed by atoms with Crippen molar-refractivity contribution in [3.8, 4) is 0 Å². The minimum Gasteiger partial charge on any atom is -0.455 e. The number of benzene rings is 2. The number of fused-ring (bicyclic) bond motifs is 3. The molecule has 4 rings (SSSR count). The van der Waals surface area contributed by atoms with E-state index in [9.17, 15) is 4.79 Å². The van der Waals surface area contributed by atoms with E-state index in [1.54, 1.807) is 0 Å². The first-order valence-corrected chi connectivity index (χ1v) is 7.48. The van der Waals surface area contributed by atoms with Gasteiger partial charge in [0.05, 0.1) is 0 Å². The molecule has 1 aliphatic carbocycles. The van der Waals surface area contributed by atoms with Crippen molar-refractivity contribution in [1.29, 1.82) is 0 Å². The Hall–Kier alpha value is -2.62. The SMILES string of the molecule is C/C(=N/NC(=O)C1CC1)c1cc2c(ccc3ccccc32)o1. The Labute approximate surface area is 127 Å². The fourth-order valence-corrected chi connectivity index (χ4v) is 2.60. The number of rotatable bonds is 3. The van der Waals surface area contributed by atoms with Gasteiger partial charge in [0, 0.05) is 11.3 Å². The first kappa shape index (κ1) is 13.1. The number of hydrogen-bond acceptors (Lipinski definition) is 3. The monoisotopic (exact) mass is 292 g/mol. The van der Waals surface area contributed by atoms with Crippen molar-refractivity contribution < 1.29 is 9.21 Å². The molecule has 22 heavy (non-hydrogen) atoms. The summed E-state index contributed by atoms with van der Waals surface area (Å²) >= 11 is 0. The highest BCUT2D eigenvalue weighted by Crippen LogP contribution is 2.29. The summed E-state index contributed by atoms with van der Waals surface area (Å²) in [6.45, 7) is 1.84.